The van der Waals surface area contributed by atoms with Gasteiger partial charge in [0.05, 0.1) is 0 Å². The molecule has 2 aromatic rings. The smallest absolute Gasteiger partial charge is 0.0438 e. The maximum Gasteiger partial charge on any atom is 0.0438 e. The van der Waals surface area contributed by atoms with Gasteiger partial charge in [0.2, 0.25) is 0 Å². The molecule has 1 nitrogen and oxygen atoms in total. The molecular weight excluding hydrogens is 298 g/mol. The molecular formula is C18H24ClNS. The Morgan fingerprint density at radius 1 is 1.05 bits per heavy atom. The van der Waals surface area contributed by atoms with E-state index in [9.17, 15) is 0 Å². The summed E-state index contributed by atoms with van der Waals surface area (Å²) in [4.78, 5) is 1.46. The highest BCUT2D eigenvalue weighted by molar-refractivity contribution is 7.09. The maximum atomic E-state index is 6.32. The van der Waals surface area contributed by atoms with Crippen molar-refractivity contribution in [1.29, 1.82) is 0 Å². The van der Waals surface area contributed by atoms with Gasteiger partial charge in [-0.2, -0.15) is 0 Å². The van der Waals surface area contributed by atoms with E-state index < -0.39 is 0 Å². The van der Waals surface area contributed by atoms with Gasteiger partial charge in [-0.1, -0.05) is 49.7 Å². The van der Waals surface area contributed by atoms with E-state index >= 15 is 0 Å². The molecule has 1 aromatic heterocycles. The molecule has 0 aliphatic rings. The molecule has 21 heavy (non-hydrogen) atoms. The number of hydrogen-bond acceptors (Lipinski definition) is 2. The molecule has 2 rings (SSSR count). The zero-order chi connectivity index (χ0) is 15.1. The predicted octanol–water partition coefficient (Wildman–Crippen LogP) is 5.05. The van der Waals surface area contributed by atoms with Crippen molar-refractivity contribution in [2.24, 2.45) is 11.8 Å². The Labute approximate surface area is 137 Å². The van der Waals surface area contributed by atoms with E-state index in [0.29, 0.717) is 11.8 Å². The number of benzene rings is 1. The van der Waals surface area contributed by atoms with Crippen molar-refractivity contribution in [2.45, 2.75) is 26.7 Å². The Balaban J connectivity index is 1.98. The van der Waals surface area contributed by atoms with Crippen LogP contribution in [0.3, 0.4) is 0 Å². The Morgan fingerprint density at radius 3 is 2.52 bits per heavy atom. The van der Waals surface area contributed by atoms with Crippen LogP contribution in [-0.4, -0.2) is 13.1 Å². The highest BCUT2D eigenvalue weighted by atomic mass is 35.5. The van der Waals surface area contributed by atoms with Gasteiger partial charge in [0.15, 0.2) is 0 Å². The highest BCUT2D eigenvalue weighted by Crippen LogP contribution is 2.22. The van der Waals surface area contributed by atoms with Crippen LogP contribution >= 0.6 is 22.9 Å². The summed E-state index contributed by atoms with van der Waals surface area (Å²) in [7, 11) is 0. The fourth-order valence-corrected chi connectivity index (χ4v) is 3.51. The molecule has 0 aliphatic carbocycles. The molecule has 0 amide bonds. The highest BCUT2D eigenvalue weighted by Gasteiger charge is 2.13. The van der Waals surface area contributed by atoms with E-state index in [1.807, 2.05) is 23.5 Å². The van der Waals surface area contributed by atoms with E-state index in [2.05, 4.69) is 48.8 Å². The van der Waals surface area contributed by atoms with Gasteiger partial charge >= 0.3 is 0 Å². The van der Waals surface area contributed by atoms with Crippen molar-refractivity contribution >= 4 is 22.9 Å². The van der Waals surface area contributed by atoms with Crippen molar-refractivity contribution in [3.63, 3.8) is 0 Å². The van der Waals surface area contributed by atoms with E-state index in [1.165, 1.54) is 10.4 Å². The van der Waals surface area contributed by atoms with E-state index in [0.717, 1.165) is 31.0 Å². The molecule has 0 bridgehead atoms. The molecule has 0 aliphatic heterocycles. The second-order valence-electron chi connectivity index (χ2n) is 6.00. The lowest BCUT2D eigenvalue weighted by molar-refractivity contribution is 0.447. The van der Waals surface area contributed by atoms with Gasteiger partial charge in [-0.25, -0.2) is 0 Å². The molecule has 1 atom stereocenters. The molecule has 0 spiro atoms. The van der Waals surface area contributed by atoms with Crippen molar-refractivity contribution in [3.8, 4) is 0 Å². The molecule has 0 radical (unpaired) electrons. The van der Waals surface area contributed by atoms with Crippen LogP contribution in [0.2, 0.25) is 5.02 Å². The third kappa shape index (κ3) is 5.82. The number of nitrogens with one attached hydrogen (secondary N) is 1. The topological polar surface area (TPSA) is 12.0 Å². The fourth-order valence-electron chi connectivity index (χ4n) is 2.48. The SMILES string of the molecule is CC(C)CNCC(Cc1cccs1)Cc1ccccc1Cl. The summed E-state index contributed by atoms with van der Waals surface area (Å²) < 4.78 is 0. The summed E-state index contributed by atoms with van der Waals surface area (Å²) in [5.74, 6) is 1.27. The van der Waals surface area contributed by atoms with Crippen LogP contribution in [-0.2, 0) is 12.8 Å². The first kappa shape index (κ1) is 16.5. The summed E-state index contributed by atoms with van der Waals surface area (Å²) in [6, 6.07) is 12.6. The van der Waals surface area contributed by atoms with Gasteiger partial charge in [-0.15, -0.1) is 11.3 Å². The lowest BCUT2D eigenvalue weighted by Crippen LogP contribution is -2.28. The molecule has 3 heteroatoms. The van der Waals surface area contributed by atoms with Gasteiger partial charge in [-0.3, -0.25) is 0 Å². The first-order chi connectivity index (χ1) is 10.1. The Bertz CT molecular complexity index is 522. The summed E-state index contributed by atoms with van der Waals surface area (Å²) in [5, 5.41) is 6.64. The third-order valence-corrected chi connectivity index (χ3v) is 4.79. The fraction of sp³-hybridized carbons (Fsp3) is 0.444. The Morgan fingerprint density at radius 2 is 1.86 bits per heavy atom. The van der Waals surface area contributed by atoms with Gasteiger partial charge in [0, 0.05) is 9.90 Å². The van der Waals surface area contributed by atoms with E-state index in [1.54, 1.807) is 0 Å². The van der Waals surface area contributed by atoms with Crippen LogP contribution in [0, 0.1) is 11.8 Å². The zero-order valence-electron chi connectivity index (χ0n) is 12.8. The predicted molar refractivity (Wildman–Crippen MR) is 94.4 cm³/mol. The molecule has 1 aromatic carbocycles. The Kier molecular flexibility index (Phi) is 6.75. The van der Waals surface area contributed by atoms with Gasteiger partial charge in [-0.05, 0) is 60.8 Å². The minimum atomic E-state index is 0.585. The molecule has 114 valence electrons. The molecule has 0 saturated heterocycles. The van der Waals surface area contributed by atoms with Crippen molar-refractivity contribution < 1.29 is 0 Å². The van der Waals surface area contributed by atoms with Crippen LogP contribution in [0.4, 0.5) is 0 Å². The van der Waals surface area contributed by atoms with Gasteiger partial charge in [0.25, 0.3) is 0 Å². The Hall–Kier alpha value is -0.830. The minimum Gasteiger partial charge on any atom is -0.316 e. The normalized spacial score (nSPS) is 12.8. The number of rotatable bonds is 8. The largest absolute Gasteiger partial charge is 0.316 e. The van der Waals surface area contributed by atoms with Crippen LogP contribution in [0.25, 0.3) is 0 Å². The summed E-state index contributed by atoms with van der Waals surface area (Å²) in [6.45, 7) is 6.61. The number of hydrogen-bond donors (Lipinski definition) is 1. The second-order valence-corrected chi connectivity index (χ2v) is 7.44. The molecule has 0 saturated carbocycles. The standard InChI is InChI=1S/C18H24ClNS/c1-14(2)12-20-13-15(11-17-7-5-9-21-17)10-16-6-3-4-8-18(16)19/h3-9,14-15,20H,10-13H2,1-2H3. The van der Waals surface area contributed by atoms with Crippen LogP contribution in [0.15, 0.2) is 41.8 Å². The minimum absolute atomic E-state index is 0.585. The zero-order valence-corrected chi connectivity index (χ0v) is 14.4. The molecule has 1 N–H and O–H groups in total. The lowest BCUT2D eigenvalue weighted by atomic mass is 9.95. The summed E-state index contributed by atoms with van der Waals surface area (Å²) in [6.07, 6.45) is 2.15. The first-order valence-corrected chi connectivity index (χ1v) is 8.87. The molecule has 1 heterocycles. The molecule has 0 fully saturated rings. The number of thiophene rings is 1. The maximum absolute atomic E-state index is 6.32. The van der Waals surface area contributed by atoms with Gasteiger partial charge in [0.1, 0.15) is 0 Å². The lowest BCUT2D eigenvalue weighted by Gasteiger charge is -2.19. The second kappa shape index (κ2) is 8.57. The molecule has 1 unspecified atom stereocenters. The van der Waals surface area contributed by atoms with Crippen LogP contribution in [0.1, 0.15) is 24.3 Å². The monoisotopic (exact) mass is 321 g/mol. The van der Waals surface area contributed by atoms with Crippen molar-refractivity contribution in [1.82, 2.24) is 5.32 Å². The third-order valence-electron chi connectivity index (χ3n) is 3.52. The number of halogens is 1. The summed E-state index contributed by atoms with van der Waals surface area (Å²) in [5.41, 5.74) is 1.26. The van der Waals surface area contributed by atoms with E-state index in [4.69, 9.17) is 11.6 Å². The average Bonchev–Trinajstić information content (AvgIpc) is 2.93. The average molecular weight is 322 g/mol. The van der Waals surface area contributed by atoms with Crippen molar-refractivity contribution in [2.75, 3.05) is 13.1 Å². The van der Waals surface area contributed by atoms with Gasteiger partial charge < -0.3 is 5.32 Å². The summed E-state index contributed by atoms with van der Waals surface area (Å²) >= 11 is 8.16. The van der Waals surface area contributed by atoms with E-state index in [-0.39, 0.29) is 0 Å². The van der Waals surface area contributed by atoms with Crippen LogP contribution in [0.5, 0.6) is 0 Å². The van der Waals surface area contributed by atoms with Crippen molar-refractivity contribution in [3.05, 3.63) is 57.2 Å². The van der Waals surface area contributed by atoms with Crippen LogP contribution < -0.4 is 5.32 Å². The first-order valence-electron chi connectivity index (χ1n) is 7.61. The quantitative estimate of drug-likeness (QED) is 0.717.